The Morgan fingerprint density at radius 2 is 1.74 bits per heavy atom. The first kappa shape index (κ1) is 32.3. The molecule has 3 atom stereocenters. The molecule has 0 N–H and O–H groups in total. The Hall–Kier alpha value is -3.63. The lowest BCUT2D eigenvalue weighted by Crippen LogP contribution is -2.52. The van der Waals surface area contributed by atoms with Gasteiger partial charge in [-0.25, -0.2) is 0 Å². The molecule has 2 saturated heterocycles. The minimum absolute atomic E-state index is 0.0988. The molecule has 2 aromatic carbocycles. The van der Waals surface area contributed by atoms with E-state index < -0.39 is 6.17 Å². The summed E-state index contributed by atoms with van der Waals surface area (Å²) in [5, 5.41) is 0. The number of anilines is 1. The monoisotopic (exact) mass is 632 g/mol. The molecule has 46 heavy (non-hydrogen) atoms. The van der Waals surface area contributed by atoms with Crippen molar-refractivity contribution in [2.75, 3.05) is 65.6 Å². The number of benzene rings is 2. The van der Waals surface area contributed by atoms with Crippen molar-refractivity contribution in [2.24, 2.45) is 5.92 Å². The predicted molar refractivity (Wildman–Crippen MR) is 175 cm³/mol. The second-order valence-electron chi connectivity index (χ2n) is 13.0. The Balaban J connectivity index is 1.11. The van der Waals surface area contributed by atoms with Gasteiger partial charge >= 0.3 is 0 Å². The third-order valence-corrected chi connectivity index (χ3v) is 10.4. The zero-order valence-electron chi connectivity index (χ0n) is 27.5. The molecule has 3 amide bonds. The van der Waals surface area contributed by atoms with Gasteiger partial charge in [0, 0.05) is 44.8 Å². The highest BCUT2D eigenvalue weighted by molar-refractivity contribution is 6.18. The van der Waals surface area contributed by atoms with Crippen molar-refractivity contribution in [2.45, 2.75) is 70.0 Å². The van der Waals surface area contributed by atoms with Crippen LogP contribution in [0.2, 0.25) is 0 Å². The molecule has 4 aliphatic heterocycles. The lowest BCUT2D eigenvalue weighted by atomic mass is 9.83. The van der Waals surface area contributed by atoms with Crippen molar-refractivity contribution >= 4 is 23.4 Å². The Kier molecular flexibility index (Phi) is 10.1. The normalized spacial score (nSPS) is 22.2. The van der Waals surface area contributed by atoms with E-state index in [2.05, 4.69) is 4.90 Å². The number of amides is 3. The maximum absolute atomic E-state index is 13.9. The Morgan fingerprint density at radius 3 is 2.54 bits per heavy atom. The maximum atomic E-state index is 13.9. The zero-order chi connectivity index (χ0) is 32.2. The van der Waals surface area contributed by atoms with Crippen LogP contribution in [-0.4, -0.2) is 99.1 Å². The highest BCUT2D eigenvalue weighted by Gasteiger charge is 2.49. The number of para-hydroxylation sites is 1. The van der Waals surface area contributed by atoms with Gasteiger partial charge in [-0.3, -0.25) is 19.3 Å². The lowest BCUT2D eigenvalue weighted by molar-refractivity contribution is -0.133. The molecule has 2 fully saturated rings. The standard InChI is InChI=1S/C36H48N4O6/c1-44-23-22-38(24-25-12-11-20-37-19-10-8-14-28(25)37)31(41)16-5-4-9-21-39-34-27-17-18-30(45-2)33(46-3)32(27)36(43)40(34)29-15-7-6-13-26(29)35(39)42/h6-7,13,15,17-18,25,28,34H,4-5,8-12,14,16,19-24H2,1-3H3. The van der Waals surface area contributed by atoms with Crippen LogP contribution < -0.4 is 14.4 Å². The Labute approximate surface area is 272 Å². The average molecular weight is 633 g/mol. The van der Waals surface area contributed by atoms with Crippen molar-refractivity contribution in [3.63, 3.8) is 0 Å². The fourth-order valence-corrected chi connectivity index (χ4v) is 8.14. The number of fused-ring (bicyclic) bond motifs is 6. The van der Waals surface area contributed by atoms with Gasteiger partial charge in [0.1, 0.15) is 6.17 Å². The molecule has 0 saturated carbocycles. The van der Waals surface area contributed by atoms with Gasteiger partial charge in [0.25, 0.3) is 11.8 Å². The molecule has 10 nitrogen and oxygen atoms in total. The summed E-state index contributed by atoms with van der Waals surface area (Å²) < 4.78 is 16.5. The second kappa shape index (κ2) is 14.4. The van der Waals surface area contributed by atoms with Gasteiger partial charge in [-0.15, -0.1) is 0 Å². The van der Waals surface area contributed by atoms with Crippen LogP contribution >= 0.6 is 0 Å². The maximum Gasteiger partial charge on any atom is 0.264 e. The van der Waals surface area contributed by atoms with Crippen molar-refractivity contribution in [3.8, 4) is 11.5 Å². The topological polar surface area (TPSA) is 91.9 Å². The summed E-state index contributed by atoms with van der Waals surface area (Å²) in [6.45, 7) is 4.83. The van der Waals surface area contributed by atoms with Gasteiger partial charge in [-0.05, 0) is 75.7 Å². The number of hydrogen-bond donors (Lipinski definition) is 0. The summed E-state index contributed by atoms with van der Waals surface area (Å²) >= 11 is 0. The molecule has 0 aliphatic carbocycles. The lowest BCUT2D eigenvalue weighted by Gasteiger charge is -2.45. The van der Waals surface area contributed by atoms with Crippen LogP contribution in [0.15, 0.2) is 36.4 Å². The third-order valence-electron chi connectivity index (χ3n) is 10.4. The summed E-state index contributed by atoms with van der Waals surface area (Å²) in [6, 6.07) is 11.5. The van der Waals surface area contributed by atoms with Crippen LogP contribution in [-0.2, 0) is 9.53 Å². The molecular formula is C36H48N4O6. The molecule has 248 valence electrons. The fourth-order valence-electron chi connectivity index (χ4n) is 8.14. The largest absolute Gasteiger partial charge is 0.493 e. The molecule has 4 heterocycles. The van der Waals surface area contributed by atoms with E-state index in [9.17, 15) is 14.4 Å². The molecule has 4 aliphatic rings. The number of unbranched alkanes of at least 4 members (excludes halogenated alkanes) is 2. The molecule has 6 rings (SSSR count). The smallest absolute Gasteiger partial charge is 0.264 e. The summed E-state index contributed by atoms with van der Waals surface area (Å²) in [5.74, 6) is 1.27. The SMILES string of the molecule is COCCN(CC1CCCN2CCCCC12)C(=O)CCCCCN1C(=O)c2ccccc2N2C(=O)c3c(ccc(OC)c3OC)C12. The van der Waals surface area contributed by atoms with Crippen molar-refractivity contribution in [3.05, 3.63) is 53.1 Å². The van der Waals surface area contributed by atoms with Crippen molar-refractivity contribution < 1.29 is 28.6 Å². The zero-order valence-corrected chi connectivity index (χ0v) is 27.5. The molecule has 0 radical (unpaired) electrons. The van der Waals surface area contributed by atoms with Crippen molar-refractivity contribution in [1.82, 2.24) is 14.7 Å². The number of rotatable bonds is 13. The summed E-state index contributed by atoms with van der Waals surface area (Å²) in [7, 11) is 4.76. The predicted octanol–water partition coefficient (Wildman–Crippen LogP) is 5.12. The molecule has 2 aromatic rings. The van der Waals surface area contributed by atoms with Crippen LogP contribution in [0.4, 0.5) is 5.69 Å². The minimum Gasteiger partial charge on any atom is -0.493 e. The van der Waals surface area contributed by atoms with E-state index in [1.807, 2.05) is 29.2 Å². The highest BCUT2D eigenvalue weighted by Crippen LogP contribution is 2.49. The minimum atomic E-state index is -0.564. The number of carbonyl (C=O) groups excluding carboxylic acids is 3. The van der Waals surface area contributed by atoms with E-state index in [0.717, 1.165) is 31.4 Å². The summed E-state index contributed by atoms with van der Waals surface area (Å²) in [6.07, 6.45) is 8.40. The Bertz CT molecular complexity index is 1430. The van der Waals surface area contributed by atoms with Gasteiger partial charge in [-0.1, -0.05) is 31.0 Å². The number of ether oxygens (including phenoxy) is 3. The average Bonchev–Trinajstić information content (AvgIpc) is 3.39. The number of piperidine rings is 2. The van der Waals surface area contributed by atoms with Crippen LogP contribution in [0.3, 0.4) is 0 Å². The van der Waals surface area contributed by atoms with E-state index in [0.29, 0.717) is 66.4 Å². The number of hydrogen-bond acceptors (Lipinski definition) is 7. The molecule has 0 bridgehead atoms. The highest BCUT2D eigenvalue weighted by atomic mass is 16.5. The number of carbonyl (C=O) groups is 3. The molecular weight excluding hydrogens is 584 g/mol. The van der Waals surface area contributed by atoms with E-state index in [1.165, 1.54) is 52.3 Å². The van der Waals surface area contributed by atoms with E-state index >= 15 is 0 Å². The number of nitrogens with zero attached hydrogens (tertiary/aromatic N) is 4. The van der Waals surface area contributed by atoms with Gasteiger partial charge < -0.3 is 28.9 Å². The van der Waals surface area contributed by atoms with Crippen LogP contribution in [0.5, 0.6) is 11.5 Å². The Morgan fingerprint density at radius 1 is 0.913 bits per heavy atom. The van der Waals surface area contributed by atoms with Crippen LogP contribution in [0.25, 0.3) is 0 Å². The van der Waals surface area contributed by atoms with E-state index in [1.54, 1.807) is 36.2 Å². The summed E-state index contributed by atoms with van der Waals surface area (Å²) in [5.41, 5.74) is 2.27. The van der Waals surface area contributed by atoms with Gasteiger partial charge in [0.15, 0.2) is 11.5 Å². The molecule has 10 heteroatoms. The van der Waals surface area contributed by atoms with Crippen LogP contribution in [0, 0.1) is 5.92 Å². The first-order valence-corrected chi connectivity index (χ1v) is 17.0. The summed E-state index contributed by atoms with van der Waals surface area (Å²) in [4.78, 5) is 49.5. The van der Waals surface area contributed by atoms with Crippen molar-refractivity contribution in [1.29, 1.82) is 0 Å². The quantitative estimate of drug-likeness (QED) is 0.283. The first-order chi connectivity index (χ1) is 22.5. The van der Waals surface area contributed by atoms with Gasteiger partial charge in [0.05, 0.1) is 37.6 Å². The molecule has 3 unspecified atom stereocenters. The third kappa shape index (κ3) is 6.09. The van der Waals surface area contributed by atoms with Gasteiger partial charge in [0.2, 0.25) is 5.91 Å². The fraction of sp³-hybridized carbons (Fsp3) is 0.583. The van der Waals surface area contributed by atoms with Crippen LogP contribution in [0.1, 0.15) is 90.2 Å². The van der Waals surface area contributed by atoms with Gasteiger partial charge in [-0.2, -0.15) is 0 Å². The molecule has 0 spiro atoms. The van der Waals surface area contributed by atoms with E-state index in [4.69, 9.17) is 14.2 Å². The molecule has 0 aromatic heterocycles. The van der Waals surface area contributed by atoms with E-state index in [-0.39, 0.29) is 17.7 Å². The second-order valence-corrected chi connectivity index (χ2v) is 13.0. The first-order valence-electron chi connectivity index (χ1n) is 17.0. The number of methoxy groups -OCH3 is 3.